The minimum atomic E-state index is -0.422. The molecule has 0 atom stereocenters. The van der Waals surface area contributed by atoms with Gasteiger partial charge in [0.15, 0.2) is 0 Å². The van der Waals surface area contributed by atoms with E-state index in [1.54, 1.807) is 12.1 Å². The maximum atomic E-state index is 10.4. The van der Waals surface area contributed by atoms with E-state index < -0.39 is 4.92 Å². The molecule has 5 heteroatoms. The minimum absolute atomic E-state index is 0.0838. The molecule has 0 aromatic heterocycles. The van der Waals surface area contributed by atoms with Gasteiger partial charge in [-0.1, -0.05) is 13.3 Å². The van der Waals surface area contributed by atoms with Gasteiger partial charge in [0.25, 0.3) is 5.69 Å². The lowest BCUT2D eigenvalue weighted by Gasteiger charge is -1.98. The van der Waals surface area contributed by atoms with Gasteiger partial charge >= 0.3 is 0 Å². The zero-order valence-corrected chi connectivity index (χ0v) is 9.22. The lowest BCUT2D eigenvalue weighted by molar-refractivity contribution is -0.384. The van der Waals surface area contributed by atoms with Gasteiger partial charge in [0.05, 0.1) is 10.6 Å². The Hall–Kier alpha value is -1.91. The summed E-state index contributed by atoms with van der Waals surface area (Å²) < 4.78 is 0. The molecule has 0 saturated heterocycles. The Labute approximate surface area is 94.3 Å². The van der Waals surface area contributed by atoms with Crippen LogP contribution in [-0.2, 0) is 0 Å². The highest BCUT2D eigenvalue weighted by Crippen LogP contribution is 2.15. The van der Waals surface area contributed by atoms with Crippen LogP contribution in [0, 0.1) is 10.1 Å². The second-order valence-corrected chi connectivity index (χ2v) is 3.37. The van der Waals surface area contributed by atoms with Gasteiger partial charge in [-0.2, -0.15) is 5.10 Å². The van der Waals surface area contributed by atoms with Crippen molar-refractivity contribution in [2.75, 3.05) is 5.43 Å². The summed E-state index contributed by atoms with van der Waals surface area (Å²) >= 11 is 0. The summed E-state index contributed by atoms with van der Waals surface area (Å²) in [6.07, 6.45) is 5.01. The van der Waals surface area contributed by atoms with Crippen molar-refractivity contribution in [3.63, 3.8) is 0 Å². The molecule has 1 aromatic rings. The van der Waals surface area contributed by atoms with Gasteiger partial charge in [0, 0.05) is 18.3 Å². The van der Waals surface area contributed by atoms with Crippen molar-refractivity contribution < 1.29 is 4.92 Å². The highest BCUT2D eigenvalue weighted by Gasteiger charge is 2.02. The van der Waals surface area contributed by atoms with Crippen LogP contribution in [0.15, 0.2) is 29.4 Å². The standard InChI is InChI=1S/C11H15N3O2/c1-2-3-4-9-12-13-10-5-7-11(8-6-10)14(15)16/h5-9,13H,2-4H2,1H3/b12-9+. The molecular weight excluding hydrogens is 206 g/mol. The summed E-state index contributed by atoms with van der Waals surface area (Å²) in [7, 11) is 0. The van der Waals surface area contributed by atoms with Gasteiger partial charge in [-0.15, -0.1) is 0 Å². The van der Waals surface area contributed by atoms with Crippen molar-refractivity contribution in [3.05, 3.63) is 34.4 Å². The summed E-state index contributed by atoms with van der Waals surface area (Å²) in [5.41, 5.74) is 3.65. The number of non-ortho nitro benzene ring substituents is 1. The molecule has 0 heterocycles. The van der Waals surface area contributed by atoms with Crippen molar-refractivity contribution in [3.8, 4) is 0 Å². The average molecular weight is 221 g/mol. The van der Waals surface area contributed by atoms with E-state index in [-0.39, 0.29) is 5.69 Å². The molecule has 0 bridgehead atoms. The molecule has 0 spiro atoms. The number of hydrazone groups is 1. The molecule has 0 amide bonds. The Kier molecular flexibility index (Phi) is 4.98. The quantitative estimate of drug-likeness (QED) is 0.347. The number of nitrogens with zero attached hydrogens (tertiary/aromatic N) is 2. The average Bonchev–Trinajstić information content (AvgIpc) is 2.29. The Morgan fingerprint density at radius 3 is 2.69 bits per heavy atom. The van der Waals surface area contributed by atoms with E-state index in [1.165, 1.54) is 12.1 Å². The van der Waals surface area contributed by atoms with Crippen molar-refractivity contribution >= 4 is 17.6 Å². The van der Waals surface area contributed by atoms with Gasteiger partial charge < -0.3 is 0 Å². The van der Waals surface area contributed by atoms with Gasteiger partial charge in [0.2, 0.25) is 0 Å². The highest BCUT2D eigenvalue weighted by molar-refractivity contribution is 5.59. The minimum Gasteiger partial charge on any atom is -0.279 e. The number of hydrogen-bond donors (Lipinski definition) is 1. The molecule has 0 radical (unpaired) electrons. The van der Waals surface area contributed by atoms with Gasteiger partial charge in [-0.3, -0.25) is 15.5 Å². The highest BCUT2D eigenvalue weighted by atomic mass is 16.6. The molecule has 1 rings (SSSR count). The van der Waals surface area contributed by atoms with Crippen LogP contribution in [0.5, 0.6) is 0 Å². The van der Waals surface area contributed by atoms with E-state index >= 15 is 0 Å². The largest absolute Gasteiger partial charge is 0.279 e. The van der Waals surface area contributed by atoms with Crippen LogP contribution in [0.2, 0.25) is 0 Å². The first-order valence-electron chi connectivity index (χ1n) is 5.26. The van der Waals surface area contributed by atoms with Crippen LogP contribution in [0.25, 0.3) is 0 Å². The number of nitro groups is 1. The first kappa shape index (κ1) is 12.2. The summed E-state index contributed by atoms with van der Waals surface area (Å²) in [4.78, 5) is 9.98. The first-order valence-corrected chi connectivity index (χ1v) is 5.26. The molecule has 16 heavy (non-hydrogen) atoms. The Morgan fingerprint density at radius 1 is 1.44 bits per heavy atom. The van der Waals surface area contributed by atoms with Crippen molar-refractivity contribution in [2.45, 2.75) is 26.2 Å². The van der Waals surface area contributed by atoms with Gasteiger partial charge in [-0.25, -0.2) is 0 Å². The number of anilines is 1. The number of rotatable bonds is 6. The fraction of sp³-hybridized carbons (Fsp3) is 0.364. The number of nitrogens with one attached hydrogen (secondary N) is 1. The summed E-state index contributed by atoms with van der Waals surface area (Å²) in [6.45, 7) is 2.12. The van der Waals surface area contributed by atoms with Gasteiger partial charge in [0.1, 0.15) is 0 Å². The lowest BCUT2D eigenvalue weighted by atomic mass is 10.3. The topological polar surface area (TPSA) is 67.5 Å². The van der Waals surface area contributed by atoms with Crippen LogP contribution in [0.1, 0.15) is 26.2 Å². The monoisotopic (exact) mass is 221 g/mol. The van der Waals surface area contributed by atoms with Crippen LogP contribution < -0.4 is 5.43 Å². The second-order valence-electron chi connectivity index (χ2n) is 3.37. The molecule has 0 fully saturated rings. The van der Waals surface area contributed by atoms with E-state index in [0.29, 0.717) is 0 Å². The van der Waals surface area contributed by atoms with Crippen molar-refractivity contribution in [1.29, 1.82) is 0 Å². The van der Waals surface area contributed by atoms with E-state index in [2.05, 4.69) is 17.5 Å². The molecule has 86 valence electrons. The van der Waals surface area contributed by atoms with Crippen LogP contribution in [-0.4, -0.2) is 11.1 Å². The molecular formula is C11H15N3O2. The third kappa shape index (κ3) is 4.08. The maximum Gasteiger partial charge on any atom is 0.269 e. The number of nitro benzene ring substituents is 1. The molecule has 0 aliphatic heterocycles. The van der Waals surface area contributed by atoms with E-state index in [4.69, 9.17) is 0 Å². The first-order chi connectivity index (χ1) is 7.74. The molecule has 0 aliphatic rings. The Balaban J connectivity index is 2.43. The SMILES string of the molecule is CCCC/C=N/Nc1ccc([N+](=O)[O-])cc1. The zero-order chi connectivity index (χ0) is 11.8. The number of hydrogen-bond acceptors (Lipinski definition) is 4. The lowest BCUT2D eigenvalue weighted by Crippen LogP contribution is -1.91. The molecule has 0 unspecified atom stereocenters. The van der Waals surface area contributed by atoms with Crippen molar-refractivity contribution in [1.82, 2.24) is 0 Å². The fourth-order valence-corrected chi connectivity index (χ4v) is 1.14. The van der Waals surface area contributed by atoms with Crippen LogP contribution in [0.3, 0.4) is 0 Å². The van der Waals surface area contributed by atoms with Gasteiger partial charge in [-0.05, 0) is 25.0 Å². The normalized spacial score (nSPS) is 10.6. The molecule has 5 nitrogen and oxygen atoms in total. The van der Waals surface area contributed by atoms with E-state index in [1.807, 2.05) is 6.21 Å². The van der Waals surface area contributed by atoms with Crippen LogP contribution >= 0.6 is 0 Å². The van der Waals surface area contributed by atoms with Crippen LogP contribution in [0.4, 0.5) is 11.4 Å². The fourth-order valence-electron chi connectivity index (χ4n) is 1.14. The molecule has 1 aromatic carbocycles. The number of unbranched alkanes of at least 4 members (excludes halogenated alkanes) is 2. The third-order valence-corrected chi connectivity index (χ3v) is 2.05. The smallest absolute Gasteiger partial charge is 0.269 e. The summed E-state index contributed by atoms with van der Waals surface area (Å²) in [5.74, 6) is 0. The Bertz CT molecular complexity index is 360. The Morgan fingerprint density at radius 2 is 2.12 bits per heavy atom. The van der Waals surface area contributed by atoms with Crippen molar-refractivity contribution in [2.24, 2.45) is 5.10 Å². The number of benzene rings is 1. The van der Waals surface area contributed by atoms with E-state index in [9.17, 15) is 10.1 Å². The summed E-state index contributed by atoms with van der Waals surface area (Å²) in [5, 5.41) is 14.4. The van der Waals surface area contributed by atoms with E-state index in [0.717, 1.165) is 24.9 Å². The molecule has 0 saturated carbocycles. The maximum absolute atomic E-state index is 10.4. The predicted molar refractivity (Wildman–Crippen MR) is 64.7 cm³/mol. The second kappa shape index (κ2) is 6.55. The third-order valence-electron chi connectivity index (χ3n) is 2.05. The predicted octanol–water partition coefficient (Wildman–Crippen LogP) is 3.18. The summed E-state index contributed by atoms with van der Waals surface area (Å²) in [6, 6.07) is 6.17. The zero-order valence-electron chi connectivity index (χ0n) is 9.22. The molecule has 0 aliphatic carbocycles. The molecule has 1 N–H and O–H groups in total.